The fraction of sp³-hybridized carbons (Fsp3) is 0.200. The van der Waals surface area contributed by atoms with Gasteiger partial charge in [0, 0.05) is 11.4 Å². The number of benzene rings is 1. The molecule has 0 radical (unpaired) electrons. The van der Waals surface area contributed by atoms with Crippen LogP contribution in [0.4, 0.5) is 11.5 Å². The minimum atomic E-state index is 0.333. The highest BCUT2D eigenvalue weighted by atomic mass is 35.5. The molecule has 6 heteroatoms. The topological polar surface area (TPSA) is 50.9 Å². The number of thiocarbonyl (C=S) groups is 1. The third-order valence-corrected chi connectivity index (χ3v) is 4.46. The van der Waals surface area contributed by atoms with Crippen LogP contribution in [-0.4, -0.2) is 9.97 Å². The van der Waals surface area contributed by atoms with E-state index >= 15 is 0 Å². The normalized spacial score (nSPS) is 13.0. The molecule has 2 aromatic rings. The number of hydrogen-bond acceptors (Lipinski definition) is 3. The summed E-state index contributed by atoms with van der Waals surface area (Å²) in [4.78, 5) is 5.00. The molecule has 21 heavy (non-hydrogen) atoms. The van der Waals surface area contributed by atoms with Crippen molar-refractivity contribution in [3.05, 3.63) is 51.1 Å². The first kappa shape index (κ1) is 14.6. The minimum Gasteiger partial charge on any atom is -0.389 e. The highest BCUT2D eigenvalue weighted by molar-refractivity contribution is 7.80. The maximum atomic E-state index is 6.03. The van der Waals surface area contributed by atoms with Gasteiger partial charge in [-0.25, -0.2) is 4.98 Å². The molecule has 0 spiro atoms. The molecule has 3 nitrogen and oxygen atoms in total. The lowest BCUT2D eigenvalue weighted by molar-refractivity contribution is 0.900. The molecule has 3 rings (SSSR count). The largest absolute Gasteiger partial charge is 0.389 e. The van der Waals surface area contributed by atoms with Crippen LogP contribution in [0.2, 0.25) is 10.0 Å². The first-order chi connectivity index (χ1) is 10.0. The Balaban J connectivity index is 2.01. The van der Waals surface area contributed by atoms with E-state index in [2.05, 4.69) is 10.3 Å². The van der Waals surface area contributed by atoms with E-state index < -0.39 is 0 Å². The molecule has 108 valence electrons. The van der Waals surface area contributed by atoms with Crippen molar-refractivity contribution in [2.75, 3.05) is 5.32 Å². The summed E-state index contributed by atoms with van der Waals surface area (Å²) in [5.74, 6) is 0.668. The summed E-state index contributed by atoms with van der Waals surface area (Å²) in [5, 5.41) is 4.23. The molecule has 1 aliphatic rings. The van der Waals surface area contributed by atoms with E-state index in [9.17, 15) is 0 Å². The van der Waals surface area contributed by atoms with E-state index in [1.807, 2.05) is 12.1 Å². The lowest BCUT2D eigenvalue weighted by Crippen LogP contribution is -2.14. The Morgan fingerprint density at radius 1 is 1.19 bits per heavy atom. The minimum absolute atomic E-state index is 0.333. The number of fused-ring (bicyclic) bond motifs is 1. The van der Waals surface area contributed by atoms with Gasteiger partial charge in [-0.05, 0) is 49.1 Å². The molecule has 0 saturated carbocycles. The van der Waals surface area contributed by atoms with Crippen molar-refractivity contribution in [2.45, 2.75) is 19.3 Å². The van der Waals surface area contributed by atoms with Gasteiger partial charge >= 0.3 is 0 Å². The molecular weight excluding hydrogens is 325 g/mol. The van der Waals surface area contributed by atoms with Crippen molar-refractivity contribution in [3.63, 3.8) is 0 Å². The summed E-state index contributed by atoms with van der Waals surface area (Å²) in [5.41, 5.74) is 9.72. The van der Waals surface area contributed by atoms with Gasteiger partial charge in [-0.1, -0.05) is 35.4 Å². The fourth-order valence-electron chi connectivity index (χ4n) is 2.47. The summed E-state index contributed by atoms with van der Waals surface area (Å²) in [6.07, 6.45) is 3.14. The smallest absolute Gasteiger partial charge is 0.140 e. The van der Waals surface area contributed by atoms with Crippen molar-refractivity contribution >= 4 is 51.9 Å². The van der Waals surface area contributed by atoms with Crippen LogP contribution in [-0.2, 0) is 12.8 Å². The zero-order valence-corrected chi connectivity index (χ0v) is 13.4. The van der Waals surface area contributed by atoms with E-state index in [4.69, 9.17) is 41.2 Å². The number of anilines is 2. The highest BCUT2D eigenvalue weighted by Crippen LogP contribution is 2.30. The van der Waals surface area contributed by atoms with E-state index in [0.717, 1.165) is 36.2 Å². The first-order valence-electron chi connectivity index (χ1n) is 6.59. The third kappa shape index (κ3) is 2.98. The second-order valence-electron chi connectivity index (χ2n) is 4.96. The Hall–Kier alpha value is -1.36. The molecule has 0 aliphatic heterocycles. The monoisotopic (exact) mass is 337 g/mol. The van der Waals surface area contributed by atoms with Crippen LogP contribution >= 0.6 is 35.4 Å². The Bertz CT molecular complexity index is 731. The van der Waals surface area contributed by atoms with Crippen LogP contribution in [0, 0.1) is 0 Å². The second-order valence-corrected chi connectivity index (χ2v) is 6.22. The second kappa shape index (κ2) is 5.79. The van der Waals surface area contributed by atoms with Crippen molar-refractivity contribution in [1.82, 2.24) is 4.98 Å². The van der Waals surface area contributed by atoms with Gasteiger partial charge in [0.15, 0.2) is 0 Å². The molecule has 1 heterocycles. The molecule has 0 saturated heterocycles. The van der Waals surface area contributed by atoms with Gasteiger partial charge in [0.2, 0.25) is 0 Å². The lowest BCUT2D eigenvalue weighted by Gasteiger charge is -2.13. The van der Waals surface area contributed by atoms with Gasteiger partial charge in [-0.3, -0.25) is 0 Å². The molecule has 0 bridgehead atoms. The number of aromatic nitrogens is 1. The number of hydrogen-bond donors (Lipinski definition) is 2. The number of nitrogens with one attached hydrogen (secondary N) is 1. The van der Waals surface area contributed by atoms with Crippen molar-refractivity contribution in [3.8, 4) is 0 Å². The summed E-state index contributed by atoms with van der Waals surface area (Å²) >= 11 is 17.1. The van der Waals surface area contributed by atoms with Crippen LogP contribution in [0.25, 0.3) is 0 Å². The predicted molar refractivity (Wildman–Crippen MR) is 91.9 cm³/mol. The number of halogens is 2. The maximum absolute atomic E-state index is 6.03. The quantitative estimate of drug-likeness (QED) is 0.822. The molecular formula is C15H13Cl2N3S. The molecule has 0 unspecified atom stereocenters. The van der Waals surface area contributed by atoms with Gasteiger partial charge < -0.3 is 11.1 Å². The molecule has 1 aliphatic carbocycles. The number of rotatable bonds is 3. The third-order valence-electron chi connectivity index (χ3n) is 3.50. The summed E-state index contributed by atoms with van der Waals surface area (Å²) in [6, 6.07) is 7.37. The van der Waals surface area contributed by atoms with Crippen molar-refractivity contribution in [2.24, 2.45) is 5.73 Å². The predicted octanol–water partition coefficient (Wildman–Crippen LogP) is 4.25. The van der Waals surface area contributed by atoms with E-state index in [1.165, 1.54) is 5.56 Å². The number of nitrogens with two attached hydrogens (primary N) is 1. The Labute approximate surface area is 138 Å². The molecule has 0 amide bonds. The van der Waals surface area contributed by atoms with Crippen molar-refractivity contribution < 1.29 is 0 Å². The van der Waals surface area contributed by atoms with Crippen LogP contribution in [0.3, 0.4) is 0 Å². The number of pyridine rings is 1. The molecule has 0 fully saturated rings. The maximum Gasteiger partial charge on any atom is 0.140 e. The zero-order valence-electron chi connectivity index (χ0n) is 11.1. The molecule has 0 atom stereocenters. The first-order valence-corrected chi connectivity index (χ1v) is 7.75. The molecule has 1 aromatic heterocycles. The summed E-state index contributed by atoms with van der Waals surface area (Å²) < 4.78 is 0. The van der Waals surface area contributed by atoms with E-state index in [-0.39, 0.29) is 0 Å². The SMILES string of the molecule is NC(=S)c1cc2c(nc1Nc1ccc(Cl)c(Cl)c1)CCC2. The van der Waals surface area contributed by atoms with Gasteiger partial charge in [-0.15, -0.1) is 0 Å². The number of aryl methyl sites for hydroxylation is 2. The van der Waals surface area contributed by atoms with E-state index in [0.29, 0.717) is 20.9 Å². The van der Waals surface area contributed by atoms with Crippen LogP contribution in [0.5, 0.6) is 0 Å². The Morgan fingerprint density at radius 2 is 2.00 bits per heavy atom. The van der Waals surface area contributed by atoms with E-state index in [1.54, 1.807) is 12.1 Å². The Kier molecular flexibility index (Phi) is 4.02. The molecule has 1 aromatic carbocycles. The van der Waals surface area contributed by atoms with Gasteiger partial charge in [0.05, 0.1) is 15.6 Å². The Morgan fingerprint density at radius 3 is 2.71 bits per heavy atom. The number of nitrogens with zero attached hydrogens (tertiary/aromatic N) is 1. The van der Waals surface area contributed by atoms with Crippen LogP contribution in [0.15, 0.2) is 24.3 Å². The van der Waals surface area contributed by atoms with Gasteiger partial charge in [-0.2, -0.15) is 0 Å². The summed E-state index contributed by atoms with van der Waals surface area (Å²) in [7, 11) is 0. The van der Waals surface area contributed by atoms with Crippen LogP contribution < -0.4 is 11.1 Å². The fourth-order valence-corrected chi connectivity index (χ4v) is 2.92. The molecule has 3 N–H and O–H groups in total. The van der Waals surface area contributed by atoms with Crippen molar-refractivity contribution in [1.29, 1.82) is 0 Å². The van der Waals surface area contributed by atoms with Crippen LogP contribution in [0.1, 0.15) is 23.2 Å². The average Bonchev–Trinajstić information content (AvgIpc) is 2.89. The summed E-state index contributed by atoms with van der Waals surface area (Å²) in [6.45, 7) is 0. The van der Waals surface area contributed by atoms with Gasteiger partial charge in [0.25, 0.3) is 0 Å². The standard InChI is InChI=1S/C15H13Cl2N3S/c16-11-5-4-9(7-12(11)17)19-15-10(14(18)21)6-8-2-1-3-13(8)20-15/h4-7H,1-3H2,(H2,18,21)(H,19,20). The average molecular weight is 338 g/mol. The van der Waals surface area contributed by atoms with Gasteiger partial charge in [0.1, 0.15) is 10.8 Å². The highest BCUT2D eigenvalue weighted by Gasteiger charge is 2.17. The lowest BCUT2D eigenvalue weighted by atomic mass is 10.1. The zero-order chi connectivity index (χ0) is 15.0.